The van der Waals surface area contributed by atoms with Crippen molar-refractivity contribution in [3.8, 4) is 0 Å². The largest absolute Gasteiger partial charge is 0.464 e. The third-order valence-electron chi connectivity index (χ3n) is 3.40. The molecule has 0 aliphatic rings. The van der Waals surface area contributed by atoms with Crippen molar-refractivity contribution in [2.45, 2.75) is 32.6 Å². The van der Waals surface area contributed by atoms with Crippen LogP contribution >= 0.6 is 0 Å². The molecule has 9 heteroatoms. The molecular weight excluding hydrogens is 327 g/mol. The summed E-state index contributed by atoms with van der Waals surface area (Å²) in [5.41, 5.74) is -1.21. The zero-order valence-electron chi connectivity index (χ0n) is 13.3. The van der Waals surface area contributed by atoms with E-state index in [9.17, 15) is 18.0 Å². The highest BCUT2D eigenvalue weighted by Gasteiger charge is 2.37. The summed E-state index contributed by atoms with van der Waals surface area (Å²) in [7, 11) is 1.53. The van der Waals surface area contributed by atoms with Gasteiger partial charge in [-0.15, -0.1) is 0 Å². The Hall–Kier alpha value is -2.29. The first-order valence-corrected chi connectivity index (χ1v) is 7.24. The number of rotatable bonds is 6. The number of halogens is 3. The fraction of sp³-hybridized carbons (Fsp3) is 0.467. The van der Waals surface area contributed by atoms with Gasteiger partial charge < -0.3 is 14.4 Å². The van der Waals surface area contributed by atoms with Crippen LogP contribution in [-0.2, 0) is 30.5 Å². The van der Waals surface area contributed by atoms with Crippen molar-refractivity contribution < 1.29 is 27.5 Å². The molecule has 132 valence electrons. The third kappa shape index (κ3) is 4.38. The van der Waals surface area contributed by atoms with Crippen LogP contribution in [0.15, 0.2) is 22.7 Å². The topological polar surface area (TPSA) is 71.5 Å². The van der Waals surface area contributed by atoms with E-state index in [2.05, 4.69) is 5.10 Å². The summed E-state index contributed by atoms with van der Waals surface area (Å²) < 4.78 is 45.0. The van der Waals surface area contributed by atoms with E-state index in [4.69, 9.17) is 9.52 Å². The number of aliphatic hydroxyl groups excluding tert-OH is 1. The van der Waals surface area contributed by atoms with E-state index in [1.165, 1.54) is 11.9 Å². The standard InChI is InChI=1S/C15H18F3N3O3/c1-10-3-4-12(24-10)8-20(2)13(23)9-21-7-11(5-6-22)14(19-21)15(16,17)18/h3-4,7,22H,5-6,8-9H2,1-2H3. The lowest BCUT2D eigenvalue weighted by Crippen LogP contribution is -2.30. The molecule has 0 spiro atoms. The van der Waals surface area contributed by atoms with Gasteiger partial charge in [0.15, 0.2) is 5.69 Å². The van der Waals surface area contributed by atoms with Crippen molar-refractivity contribution in [3.05, 3.63) is 41.1 Å². The summed E-state index contributed by atoms with van der Waals surface area (Å²) >= 11 is 0. The molecule has 0 atom stereocenters. The Balaban J connectivity index is 2.08. The zero-order valence-corrected chi connectivity index (χ0v) is 13.3. The number of hydrogen-bond donors (Lipinski definition) is 1. The number of likely N-dealkylation sites (N-methyl/N-ethyl adjacent to an activating group) is 1. The van der Waals surface area contributed by atoms with E-state index < -0.39 is 24.4 Å². The molecule has 0 fully saturated rings. The number of amides is 1. The molecule has 0 aliphatic carbocycles. The van der Waals surface area contributed by atoms with Crippen molar-refractivity contribution in [2.24, 2.45) is 0 Å². The number of nitrogens with zero attached hydrogens (tertiary/aromatic N) is 3. The molecule has 0 radical (unpaired) electrons. The average Bonchev–Trinajstić information content (AvgIpc) is 3.05. The maximum Gasteiger partial charge on any atom is 0.435 e. The van der Waals surface area contributed by atoms with E-state index in [1.54, 1.807) is 19.1 Å². The molecule has 0 aromatic carbocycles. The lowest BCUT2D eigenvalue weighted by molar-refractivity contribution is -0.142. The lowest BCUT2D eigenvalue weighted by Gasteiger charge is -2.15. The Morgan fingerprint density at radius 3 is 2.67 bits per heavy atom. The minimum absolute atomic E-state index is 0.137. The molecule has 1 amide bonds. The van der Waals surface area contributed by atoms with Gasteiger partial charge in [-0.3, -0.25) is 9.48 Å². The Labute approximate surface area is 136 Å². The maximum atomic E-state index is 12.9. The summed E-state index contributed by atoms with van der Waals surface area (Å²) in [5.74, 6) is 0.887. The molecule has 0 unspecified atom stereocenters. The van der Waals surface area contributed by atoms with E-state index in [0.29, 0.717) is 11.5 Å². The Bertz CT molecular complexity index is 706. The number of aliphatic hydroxyl groups is 1. The van der Waals surface area contributed by atoms with Gasteiger partial charge in [-0.25, -0.2) is 0 Å². The molecule has 0 saturated heterocycles. The average molecular weight is 345 g/mol. The highest BCUT2D eigenvalue weighted by molar-refractivity contribution is 5.75. The van der Waals surface area contributed by atoms with Crippen LogP contribution in [0.1, 0.15) is 22.8 Å². The zero-order chi connectivity index (χ0) is 17.9. The van der Waals surface area contributed by atoms with Gasteiger partial charge in [-0.1, -0.05) is 0 Å². The van der Waals surface area contributed by atoms with Gasteiger partial charge in [0.1, 0.15) is 18.1 Å². The number of aryl methyl sites for hydroxylation is 1. The molecule has 1 N–H and O–H groups in total. The van der Waals surface area contributed by atoms with Crippen LogP contribution in [0.2, 0.25) is 0 Å². The highest BCUT2D eigenvalue weighted by atomic mass is 19.4. The molecule has 0 aliphatic heterocycles. The molecule has 0 bridgehead atoms. The molecule has 24 heavy (non-hydrogen) atoms. The van der Waals surface area contributed by atoms with Crippen molar-refractivity contribution in [1.82, 2.24) is 14.7 Å². The summed E-state index contributed by atoms with van der Waals surface area (Å²) in [5, 5.41) is 12.3. The van der Waals surface area contributed by atoms with E-state index in [1.807, 2.05) is 0 Å². The first-order valence-electron chi connectivity index (χ1n) is 7.24. The maximum absolute atomic E-state index is 12.9. The van der Waals surface area contributed by atoms with Gasteiger partial charge in [0, 0.05) is 25.4 Å². The fourth-order valence-corrected chi connectivity index (χ4v) is 2.24. The van der Waals surface area contributed by atoms with Gasteiger partial charge in [0.25, 0.3) is 0 Å². The summed E-state index contributed by atoms with van der Waals surface area (Å²) in [6, 6.07) is 3.49. The molecule has 6 nitrogen and oxygen atoms in total. The quantitative estimate of drug-likeness (QED) is 0.869. The SMILES string of the molecule is Cc1ccc(CN(C)C(=O)Cn2cc(CCO)c(C(F)(F)F)n2)o1. The number of alkyl halides is 3. The summed E-state index contributed by atoms with van der Waals surface area (Å²) in [4.78, 5) is 13.5. The summed E-state index contributed by atoms with van der Waals surface area (Å²) in [6.07, 6.45) is -3.66. The van der Waals surface area contributed by atoms with E-state index >= 15 is 0 Å². The second kappa shape index (κ2) is 7.08. The van der Waals surface area contributed by atoms with Gasteiger partial charge >= 0.3 is 6.18 Å². The van der Waals surface area contributed by atoms with Crippen molar-refractivity contribution >= 4 is 5.91 Å². The van der Waals surface area contributed by atoms with Crippen LogP contribution in [0.3, 0.4) is 0 Å². The number of carbonyl (C=O) groups is 1. The van der Waals surface area contributed by atoms with Crippen LogP contribution in [0.4, 0.5) is 13.2 Å². The van der Waals surface area contributed by atoms with Crippen LogP contribution in [-0.4, -0.2) is 39.3 Å². The Morgan fingerprint density at radius 2 is 2.12 bits per heavy atom. The molecule has 2 aromatic heterocycles. The van der Waals surface area contributed by atoms with Crippen molar-refractivity contribution in [1.29, 1.82) is 0 Å². The predicted molar refractivity (Wildman–Crippen MR) is 77.9 cm³/mol. The normalized spacial score (nSPS) is 11.8. The smallest absolute Gasteiger partial charge is 0.435 e. The minimum Gasteiger partial charge on any atom is -0.464 e. The van der Waals surface area contributed by atoms with Gasteiger partial charge in [-0.05, 0) is 25.5 Å². The second-order valence-corrected chi connectivity index (χ2v) is 5.43. The predicted octanol–water partition coefficient (Wildman–Crippen LogP) is 2.00. The molecule has 2 rings (SSSR count). The monoisotopic (exact) mass is 345 g/mol. The van der Waals surface area contributed by atoms with E-state index in [0.717, 1.165) is 10.9 Å². The third-order valence-corrected chi connectivity index (χ3v) is 3.40. The van der Waals surface area contributed by atoms with Crippen LogP contribution in [0.25, 0.3) is 0 Å². The van der Waals surface area contributed by atoms with Gasteiger partial charge in [0.2, 0.25) is 5.91 Å². The Morgan fingerprint density at radius 1 is 1.42 bits per heavy atom. The van der Waals surface area contributed by atoms with Crippen molar-refractivity contribution in [3.63, 3.8) is 0 Å². The van der Waals surface area contributed by atoms with Crippen molar-refractivity contribution in [2.75, 3.05) is 13.7 Å². The van der Waals surface area contributed by atoms with Crippen LogP contribution < -0.4 is 0 Å². The first kappa shape index (κ1) is 18.1. The molecule has 2 aromatic rings. The molecule has 0 saturated carbocycles. The van der Waals surface area contributed by atoms with Gasteiger partial charge in [-0.2, -0.15) is 18.3 Å². The number of carbonyl (C=O) groups excluding carboxylic acids is 1. The van der Waals surface area contributed by atoms with E-state index in [-0.39, 0.29) is 25.1 Å². The lowest BCUT2D eigenvalue weighted by atomic mass is 10.2. The first-order chi connectivity index (χ1) is 11.2. The van der Waals surface area contributed by atoms with Gasteiger partial charge in [0.05, 0.1) is 6.54 Å². The number of hydrogen-bond acceptors (Lipinski definition) is 4. The second-order valence-electron chi connectivity index (χ2n) is 5.43. The van der Waals surface area contributed by atoms with Crippen LogP contribution in [0, 0.1) is 6.92 Å². The minimum atomic E-state index is -4.63. The molecular formula is C15H18F3N3O3. The fourth-order valence-electron chi connectivity index (χ4n) is 2.24. The van der Waals surface area contributed by atoms with Crippen LogP contribution in [0.5, 0.6) is 0 Å². The highest BCUT2D eigenvalue weighted by Crippen LogP contribution is 2.30. The molecule has 2 heterocycles. The number of furan rings is 1. The summed E-state index contributed by atoms with van der Waals surface area (Å²) in [6.45, 7) is 1.23. The Kier molecular flexibility index (Phi) is 5.33. The number of aromatic nitrogens is 2.